The number of aryl methyl sites for hydroxylation is 1. The largest absolute Gasteiger partial charge is 0.491 e. The van der Waals surface area contributed by atoms with Crippen LogP contribution in [-0.4, -0.2) is 20.9 Å². The Balaban J connectivity index is 2.31. The third-order valence-corrected chi connectivity index (χ3v) is 2.72. The first-order valence-corrected chi connectivity index (χ1v) is 6.36. The molecule has 4 nitrogen and oxygen atoms in total. The predicted octanol–water partition coefficient (Wildman–Crippen LogP) is 3.27. The van der Waals surface area contributed by atoms with Gasteiger partial charge >= 0.3 is 0 Å². The molecule has 2 aromatic rings. The van der Waals surface area contributed by atoms with Crippen LogP contribution in [0.2, 0.25) is 5.28 Å². The van der Waals surface area contributed by atoms with Crippen molar-refractivity contribution in [3.05, 3.63) is 35.4 Å². The first kappa shape index (κ1) is 12.9. The first-order valence-electron chi connectivity index (χ1n) is 5.98. The average Bonchev–Trinajstić information content (AvgIpc) is 2.71. The lowest BCUT2D eigenvalue weighted by molar-refractivity contribution is 0.242. The second-order valence-electron chi connectivity index (χ2n) is 4.23. The Morgan fingerprint density at radius 1 is 1.22 bits per heavy atom. The maximum Gasteiger partial charge on any atom is 0.229 e. The van der Waals surface area contributed by atoms with Crippen molar-refractivity contribution < 1.29 is 4.74 Å². The molecule has 0 aliphatic carbocycles. The molecule has 0 fully saturated rings. The van der Waals surface area contributed by atoms with E-state index in [1.807, 2.05) is 49.6 Å². The highest BCUT2D eigenvalue weighted by atomic mass is 35.5. The summed E-state index contributed by atoms with van der Waals surface area (Å²) in [6.45, 7) is 6.02. The molecule has 0 atom stereocenters. The van der Waals surface area contributed by atoms with Gasteiger partial charge in [0.1, 0.15) is 11.6 Å². The fourth-order valence-electron chi connectivity index (χ4n) is 1.73. The van der Waals surface area contributed by atoms with Gasteiger partial charge in [-0.1, -0.05) is 6.92 Å². The van der Waals surface area contributed by atoms with Crippen molar-refractivity contribution in [1.82, 2.24) is 14.8 Å². The van der Waals surface area contributed by atoms with Crippen LogP contribution in [0.15, 0.2) is 24.3 Å². The topological polar surface area (TPSA) is 39.9 Å². The molecule has 0 N–H and O–H groups in total. The lowest BCUT2D eigenvalue weighted by atomic mass is 10.3. The van der Waals surface area contributed by atoms with Gasteiger partial charge in [0, 0.05) is 6.42 Å². The van der Waals surface area contributed by atoms with Gasteiger partial charge in [-0.3, -0.25) is 4.57 Å². The summed E-state index contributed by atoms with van der Waals surface area (Å²) < 4.78 is 7.43. The molecule has 1 heterocycles. The Morgan fingerprint density at radius 2 is 1.89 bits per heavy atom. The second-order valence-corrected chi connectivity index (χ2v) is 4.57. The van der Waals surface area contributed by atoms with Crippen molar-refractivity contribution in [2.75, 3.05) is 0 Å². The zero-order valence-electron chi connectivity index (χ0n) is 10.7. The molecule has 0 saturated carbocycles. The summed E-state index contributed by atoms with van der Waals surface area (Å²) in [5.41, 5.74) is 0.943. The molecule has 0 unspecified atom stereocenters. The van der Waals surface area contributed by atoms with E-state index in [4.69, 9.17) is 16.3 Å². The van der Waals surface area contributed by atoms with Gasteiger partial charge in [-0.2, -0.15) is 0 Å². The molecule has 0 bridgehead atoms. The van der Waals surface area contributed by atoms with E-state index in [0.717, 1.165) is 23.7 Å². The van der Waals surface area contributed by atoms with Gasteiger partial charge in [-0.15, -0.1) is 10.2 Å². The molecule has 1 aromatic carbocycles. The van der Waals surface area contributed by atoms with Gasteiger partial charge in [0.15, 0.2) is 0 Å². The van der Waals surface area contributed by atoms with Gasteiger partial charge in [-0.25, -0.2) is 0 Å². The Bertz CT molecular complexity index is 520. The molecule has 0 aliphatic rings. The van der Waals surface area contributed by atoms with Gasteiger partial charge in [0.05, 0.1) is 11.8 Å². The Hall–Kier alpha value is -1.55. The van der Waals surface area contributed by atoms with Gasteiger partial charge in [-0.05, 0) is 49.7 Å². The minimum Gasteiger partial charge on any atom is -0.491 e. The molecule has 1 aromatic heterocycles. The van der Waals surface area contributed by atoms with E-state index in [-0.39, 0.29) is 6.10 Å². The van der Waals surface area contributed by atoms with Crippen LogP contribution in [0.1, 0.15) is 26.6 Å². The number of benzene rings is 1. The molecule has 5 heteroatoms. The van der Waals surface area contributed by atoms with E-state index >= 15 is 0 Å². The second kappa shape index (κ2) is 5.40. The van der Waals surface area contributed by atoms with Crippen LogP contribution in [0.25, 0.3) is 5.69 Å². The number of rotatable bonds is 4. The minimum absolute atomic E-state index is 0.167. The summed E-state index contributed by atoms with van der Waals surface area (Å²) >= 11 is 6.04. The van der Waals surface area contributed by atoms with Crippen molar-refractivity contribution in [3.63, 3.8) is 0 Å². The highest BCUT2D eigenvalue weighted by molar-refractivity contribution is 6.28. The van der Waals surface area contributed by atoms with Crippen molar-refractivity contribution in [1.29, 1.82) is 0 Å². The zero-order chi connectivity index (χ0) is 13.1. The molecule has 18 heavy (non-hydrogen) atoms. The number of aromatic nitrogens is 3. The monoisotopic (exact) mass is 265 g/mol. The number of halogens is 1. The molecule has 0 aliphatic heterocycles. The summed E-state index contributed by atoms with van der Waals surface area (Å²) in [6, 6.07) is 7.74. The standard InChI is InChI=1S/C13H16ClN3O/c1-4-12-15-16-13(14)17(12)10-5-7-11(8-6-10)18-9(2)3/h5-9H,4H2,1-3H3. The number of ether oxygens (including phenoxy) is 1. The maximum atomic E-state index is 6.04. The minimum atomic E-state index is 0.167. The molecule has 0 spiro atoms. The van der Waals surface area contributed by atoms with E-state index in [1.54, 1.807) is 0 Å². The van der Waals surface area contributed by atoms with Gasteiger partial charge in [0.25, 0.3) is 0 Å². The van der Waals surface area contributed by atoms with Gasteiger partial charge < -0.3 is 4.74 Å². The van der Waals surface area contributed by atoms with Crippen molar-refractivity contribution >= 4 is 11.6 Å². The van der Waals surface area contributed by atoms with E-state index in [0.29, 0.717) is 5.28 Å². The summed E-state index contributed by atoms with van der Waals surface area (Å²) in [6.07, 6.45) is 0.949. The summed E-state index contributed by atoms with van der Waals surface area (Å²) in [5, 5.41) is 8.29. The molecule has 2 rings (SSSR count). The fraction of sp³-hybridized carbons (Fsp3) is 0.385. The summed E-state index contributed by atoms with van der Waals surface area (Å²) in [4.78, 5) is 0. The molecule has 0 radical (unpaired) electrons. The van der Waals surface area contributed by atoms with E-state index in [9.17, 15) is 0 Å². The summed E-state index contributed by atoms with van der Waals surface area (Å²) in [5.74, 6) is 1.69. The van der Waals surface area contributed by atoms with Gasteiger partial charge in [0.2, 0.25) is 5.28 Å². The van der Waals surface area contributed by atoms with Crippen LogP contribution in [0.4, 0.5) is 0 Å². The third kappa shape index (κ3) is 2.64. The van der Waals surface area contributed by atoms with Crippen molar-refractivity contribution in [2.24, 2.45) is 0 Å². The van der Waals surface area contributed by atoms with E-state index in [1.165, 1.54) is 0 Å². The maximum absolute atomic E-state index is 6.04. The Labute approximate surface area is 112 Å². The SMILES string of the molecule is CCc1nnc(Cl)n1-c1ccc(OC(C)C)cc1. The molecular formula is C13H16ClN3O. The number of hydrogen-bond donors (Lipinski definition) is 0. The normalized spacial score (nSPS) is 10.9. The summed E-state index contributed by atoms with van der Waals surface area (Å²) in [7, 11) is 0. The number of nitrogens with zero attached hydrogens (tertiary/aromatic N) is 3. The third-order valence-electron chi connectivity index (χ3n) is 2.47. The molecule has 96 valence electrons. The van der Waals surface area contributed by atoms with Crippen LogP contribution >= 0.6 is 11.6 Å². The lowest BCUT2D eigenvalue weighted by Gasteiger charge is -2.11. The smallest absolute Gasteiger partial charge is 0.229 e. The number of hydrogen-bond acceptors (Lipinski definition) is 3. The fourth-order valence-corrected chi connectivity index (χ4v) is 1.96. The molecule has 0 amide bonds. The zero-order valence-corrected chi connectivity index (χ0v) is 11.5. The predicted molar refractivity (Wildman–Crippen MR) is 71.5 cm³/mol. The quantitative estimate of drug-likeness (QED) is 0.852. The molecular weight excluding hydrogens is 250 g/mol. The Kier molecular flexibility index (Phi) is 3.87. The van der Waals surface area contributed by atoms with E-state index in [2.05, 4.69) is 10.2 Å². The lowest BCUT2D eigenvalue weighted by Crippen LogP contribution is -2.06. The van der Waals surface area contributed by atoms with Crippen LogP contribution in [0.5, 0.6) is 5.75 Å². The van der Waals surface area contributed by atoms with Crippen LogP contribution < -0.4 is 4.74 Å². The van der Waals surface area contributed by atoms with E-state index < -0.39 is 0 Å². The van der Waals surface area contributed by atoms with Crippen LogP contribution in [0.3, 0.4) is 0 Å². The molecule has 0 saturated heterocycles. The van der Waals surface area contributed by atoms with Crippen LogP contribution in [-0.2, 0) is 6.42 Å². The Morgan fingerprint density at radius 3 is 2.44 bits per heavy atom. The highest BCUT2D eigenvalue weighted by Gasteiger charge is 2.10. The average molecular weight is 266 g/mol. The first-order chi connectivity index (χ1) is 8.61. The van der Waals surface area contributed by atoms with Crippen molar-refractivity contribution in [3.8, 4) is 11.4 Å². The van der Waals surface area contributed by atoms with Crippen LogP contribution in [0, 0.1) is 0 Å². The highest BCUT2D eigenvalue weighted by Crippen LogP contribution is 2.21. The van der Waals surface area contributed by atoms with Crippen molar-refractivity contribution in [2.45, 2.75) is 33.3 Å².